The van der Waals surface area contributed by atoms with Gasteiger partial charge in [-0.15, -0.1) is 0 Å². The zero-order valence-corrected chi connectivity index (χ0v) is 20.1. The summed E-state index contributed by atoms with van der Waals surface area (Å²) in [6, 6.07) is 5.35. The average molecular weight is 516 g/mol. The van der Waals surface area contributed by atoms with Gasteiger partial charge in [-0.1, -0.05) is 13.0 Å². The first-order valence-electron chi connectivity index (χ1n) is 11.8. The number of aryl methyl sites for hydroxylation is 1. The fraction of sp³-hybridized carbons (Fsp3) is 0.346. The Balaban J connectivity index is 1.74. The number of alkyl halides is 2. The molecule has 0 radical (unpaired) electrons. The molecule has 1 saturated heterocycles. The van der Waals surface area contributed by atoms with E-state index in [1.165, 1.54) is 42.5 Å². The highest BCUT2D eigenvalue weighted by molar-refractivity contribution is 6.01. The molecule has 3 heterocycles. The molecule has 1 fully saturated rings. The number of anilines is 1. The lowest BCUT2D eigenvalue weighted by molar-refractivity contribution is -0.102. The number of aromatic hydroxyl groups is 1. The normalized spacial score (nSPS) is 18.2. The predicted octanol–water partition coefficient (Wildman–Crippen LogP) is 5.00. The van der Waals surface area contributed by atoms with Crippen LogP contribution in [0.2, 0.25) is 0 Å². The van der Waals surface area contributed by atoms with Crippen molar-refractivity contribution >= 4 is 27.5 Å². The quantitative estimate of drug-likeness (QED) is 0.361. The monoisotopic (exact) mass is 516 g/mol. The molecule has 0 saturated carbocycles. The van der Waals surface area contributed by atoms with Gasteiger partial charge in [-0.25, -0.2) is 17.6 Å². The molecule has 0 aliphatic carbocycles. The van der Waals surface area contributed by atoms with E-state index in [9.17, 15) is 23.4 Å². The molecule has 7 nitrogen and oxygen atoms in total. The molecule has 2 aromatic carbocycles. The van der Waals surface area contributed by atoms with Crippen molar-refractivity contribution in [2.45, 2.75) is 38.2 Å². The van der Waals surface area contributed by atoms with Crippen LogP contribution in [0.4, 0.5) is 23.4 Å². The Morgan fingerprint density at radius 1 is 1.19 bits per heavy atom. The van der Waals surface area contributed by atoms with E-state index in [1.807, 2.05) is 0 Å². The Kier molecular flexibility index (Phi) is 6.26. The average Bonchev–Trinajstić information content (AvgIpc) is 2.88. The Hall–Kier alpha value is -3.73. The molecular weight excluding hydrogens is 492 g/mol. The number of methoxy groups -OCH3 is 1. The molecule has 1 unspecified atom stereocenters. The Labute approximate surface area is 209 Å². The van der Waals surface area contributed by atoms with Crippen LogP contribution in [0.25, 0.3) is 32.9 Å². The van der Waals surface area contributed by atoms with Crippen LogP contribution in [0.3, 0.4) is 0 Å². The fourth-order valence-electron chi connectivity index (χ4n) is 5.00. The van der Waals surface area contributed by atoms with Crippen LogP contribution >= 0.6 is 0 Å². The van der Waals surface area contributed by atoms with Crippen molar-refractivity contribution in [2.75, 3.05) is 25.1 Å². The van der Waals surface area contributed by atoms with E-state index in [0.717, 1.165) is 0 Å². The molecule has 0 spiro atoms. The number of piperidine rings is 1. The summed E-state index contributed by atoms with van der Waals surface area (Å²) >= 11 is 0. The van der Waals surface area contributed by atoms with Crippen molar-refractivity contribution in [3.05, 3.63) is 47.7 Å². The summed E-state index contributed by atoms with van der Waals surface area (Å²) in [5.41, 5.74) is -2.09. The van der Waals surface area contributed by atoms with E-state index >= 15 is 4.39 Å². The summed E-state index contributed by atoms with van der Waals surface area (Å²) in [5, 5.41) is 21.8. The van der Waals surface area contributed by atoms with E-state index < -0.39 is 30.2 Å². The van der Waals surface area contributed by atoms with E-state index in [1.54, 1.807) is 6.92 Å². The summed E-state index contributed by atoms with van der Waals surface area (Å²) in [5.74, 6) is -1.40. The molecule has 2 N–H and O–H groups in total. The third kappa shape index (κ3) is 4.16. The van der Waals surface area contributed by atoms with Gasteiger partial charge >= 0.3 is 6.01 Å². The van der Waals surface area contributed by atoms with Crippen LogP contribution in [-0.4, -0.2) is 57.4 Å². The van der Waals surface area contributed by atoms with Gasteiger partial charge in [0, 0.05) is 18.3 Å². The van der Waals surface area contributed by atoms with Crippen molar-refractivity contribution in [3.8, 4) is 23.0 Å². The number of nitrogens with zero attached hydrogens (tertiary/aromatic N) is 4. The predicted molar refractivity (Wildman–Crippen MR) is 130 cm³/mol. The van der Waals surface area contributed by atoms with Crippen LogP contribution in [0, 0.1) is 11.6 Å². The number of fused-ring (bicyclic) bond motifs is 2. The number of hydrogen-bond acceptors (Lipinski definition) is 7. The first kappa shape index (κ1) is 24.9. The summed E-state index contributed by atoms with van der Waals surface area (Å²) in [4.78, 5) is 14.1. The molecule has 1 aliphatic heterocycles. The van der Waals surface area contributed by atoms with E-state index in [4.69, 9.17) is 4.74 Å². The number of phenols is 1. The molecular formula is C26H24F4N4O3. The van der Waals surface area contributed by atoms with Gasteiger partial charge in [0.15, 0.2) is 5.82 Å². The molecule has 1 aliphatic rings. The number of pyridine rings is 1. The van der Waals surface area contributed by atoms with Gasteiger partial charge < -0.3 is 19.8 Å². The maximum atomic E-state index is 16.1. The number of phenolic OH excluding ortho intramolecular Hbond substituents is 1. The lowest BCUT2D eigenvalue weighted by atomic mass is 9.93. The highest BCUT2D eigenvalue weighted by Gasteiger charge is 2.42. The smallest absolute Gasteiger partial charge is 0.318 e. The highest BCUT2D eigenvalue weighted by atomic mass is 19.3. The van der Waals surface area contributed by atoms with Gasteiger partial charge in [-0.3, -0.25) is 4.98 Å². The maximum absolute atomic E-state index is 16.1. The molecule has 2 aromatic heterocycles. The molecule has 0 amide bonds. The van der Waals surface area contributed by atoms with E-state index in [2.05, 4.69) is 15.0 Å². The van der Waals surface area contributed by atoms with E-state index in [0.29, 0.717) is 29.3 Å². The lowest BCUT2D eigenvalue weighted by Crippen LogP contribution is -2.53. The lowest BCUT2D eigenvalue weighted by Gasteiger charge is -2.39. The number of hydrogen-bond donors (Lipinski definition) is 2. The zero-order valence-electron chi connectivity index (χ0n) is 20.1. The largest absolute Gasteiger partial charge is 0.508 e. The van der Waals surface area contributed by atoms with E-state index in [-0.39, 0.29) is 52.6 Å². The van der Waals surface area contributed by atoms with Crippen molar-refractivity contribution in [1.29, 1.82) is 0 Å². The van der Waals surface area contributed by atoms with Gasteiger partial charge in [0.25, 0.3) is 6.43 Å². The minimum Gasteiger partial charge on any atom is -0.508 e. The molecule has 1 atom stereocenters. The van der Waals surface area contributed by atoms with Crippen molar-refractivity contribution in [3.63, 3.8) is 0 Å². The van der Waals surface area contributed by atoms with Gasteiger partial charge in [0.05, 0.1) is 19.0 Å². The fourth-order valence-corrected chi connectivity index (χ4v) is 5.00. The third-order valence-corrected chi connectivity index (χ3v) is 6.80. The van der Waals surface area contributed by atoms with Gasteiger partial charge in [-0.05, 0) is 53.8 Å². The first-order valence-corrected chi connectivity index (χ1v) is 11.8. The number of aliphatic hydroxyl groups is 1. The van der Waals surface area contributed by atoms with Gasteiger partial charge in [0.2, 0.25) is 0 Å². The number of halogens is 4. The summed E-state index contributed by atoms with van der Waals surface area (Å²) < 4.78 is 63.0. The number of ether oxygens (including phenoxy) is 1. The molecule has 37 heavy (non-hydrogen) atoms. The second-order valence-electron chi connectivity index (χ2n) is 9.12. The summed E-state index contributed by atoms with van der Waals surface area (Å²) in [6.07, 6.45) is -1.17. The standard InChI is InChI=1S/C26H24F4N4O3/c1-3-15-18(27)6-5-13-9-14(35)10-16(19(13)15)21-20(28)22-17(11-31-21)23(33-25(32-22)37-2)34-8-4-7-26(36,12-34)24(29)30/h5-6,9-11,24,35-36H,3-4,7-8,12H2,1-2H3. The van der Waals surface area contributed by atoms with Crippen molar-refractivity contribution < 1.29 is 32.5 Å². The molecule has 194 valence electrons. The molecule has 4 aromatic rings. The van der Waals surface area contributed by atoms with Crippen LogP contribution in [0.5, 0.6) is 11.8 Å². The van der Waals surface area contributed by atoms with Gasteiger partial charge in [0.1, 0.15) is 34.2 Å². The Morgan fingerprint density at radius 2 is 1.97 bits per heavy atom. The summed E-state index contributed by atoms with van der Waals surface area (Å²) in [6.45, 7) is 1.64. The Bertz CT molecular complexity index is 1520. The minimum atomic E-state index is -2.97. The molecule has 0 bridgehead atoms. The van der Waals surface area contributed by atoms with Crippen molar-refractivity contribution in [1.82, 2.24) is 15.0 Å². The van der Waals surface area contributed by atoms with Crippen LogP contribution in [0.15, 0.2) is 30.5 Å². The number of benzene rings is 2. The Morgan fingerprint density at radius 3 is 2.68 bits per heavy atom. The second kappa shape index (κ2) is 9.29. The van der Waals surface area contributed by atoms with Crippen LogP contribution in [0.1, 0.15) is 25.3 Å². The first-order chi connectivity index (χ1) is 17.7. The number of β-amino-alcohol motifs (C(OH)–C–C–N with tert-alkyl or cyclic N) is 1. The molecule has 11 heteroatoms. The second-order valence-corrected chi connectivity index (χ2v) is 9.12. The maximum Gasteiger partial charge on any atom is 0.318 e. The van der Waals surface area contributed by atoms with Crippen LogP contribution in [-0.2, 0) is 6.42 Å². The van der Waals surface area contributed by atoms with Crippen LogP contribution < -0.4 is 9.64 Å². The SMILES string of the molecule is CCc1c(F)ccc2cc(O)cc(-c3ncc4c(N5CCCC(O)(C(F)F)C5)nc(OC)nc4c3F)c12. The summed E-state index contributed by atoms with van der Waals surface area (Å²) in [7, 11) is 1.29. The highest BCUT2D eigenvalue weighted by Crippen LogP contribution is 2.40. The van der Waals surface area contributed by atoms with Gasteiger partial charge in [-0.2, -0.15) is 9.97 Å². The van der Waals surface area contributed by atoms with Crippen molar-refractivity contribution in [2.24, 2.45) is 0 Å². The molecule has 5 rings (SSSR count). The zero-order chi connectivity index (χ0) is 26.5. The third-order valence-electron chi connectivity index (χ3n) is 6.80. The number of aromatic nitrogens is 3. The topological polar surface area (TPSA) is 91.6 Å². The number of rotatable bonds is 5. The minimum absolute atomic E-state index is 0.0844.